The van der Waals surface area contributed by atoms with Gasteiger partial charge in [0.15, 0.2) is 9.84 Å². The first-order valence-corrected chi connectivity index (χ1v) is 9.49. The molecule has 3 unspecified atom stereocenters. The molecule has 122 valence electrons. The van der Waals surface area contributed by atoms with Crippen LogP contribution in [0.5, 0.6) is 0 Å². The van der Waals surface area contributed by atoms with E-state index >= 15 is 0 Å². The fourth-order valence-electron chi connectivity index (χ4n) is 3.52. The summed E-state index contributed by atoms with van der Waals surface area (Å²) in [6.07, 6.45) is 4.56. The molecule has 5 nitrogen and oxygen atoms in total. The maximum absolute atomic E-state index is 12.8. The van der Waals surface area contributed by atoms with Crippen molar-refractivity contribution in [3.63, 3.8) is 0 Å². The second-order valence-corrected chi connectivity index (χ2v) is 9.13. The number of hydrogen-bond acceptors (Lipinski definition) is 5. The zero-order valence-corrected chi connectivity index (χ0v) is 14.0. The molecule has 6 heteroatoms. The van der Waals surface area contributed by atoms with Crippen LogP contribution in [0.4, 0.5) is 0 Å². The summed E-state index contributed by atoms with van der Waals surface area (Å²) in [5.74, 6) is 0.278. The van der Waals surface area contributed by atoms with E-state index in [0.717, 1.165) is 32.1 Å². The van der Waals surface area contributed by atoms with E-state index in [9.17, 15) is 13.2 Å². The molecule has 0 saturated heterocycles. The lowest BCUT2D eigenvalue weighted by molar-refractivity contribution is -0.141. The van der Waals surface area contributed by atoms with Gasteiger partial charge in [-0.3, -0.25) is 4.79 Å². The summed E-state index contributed by atoms with van der Waals surface area (Å²) in [4.78, 5) is 11.5. The number of nitrogens with one attached hydrogen (secondary N) is 1. The predicted octanol–water partition coefficient (Wildman–Crippen LogP) is 1.52. The molecule has 0 bridgehead atoms. The lowest BCUT2D eigenvalue weighted by Crippen LogP contribution is -2.48. The Bertz CT molecular complexity index is 484. The summed E-state index contributed by atoms with van der Waals surface area (Å²) in [5.41, 5.74) is -0.356. The first kappa shape index (κ1) is 16.7. The molecule has 2 aliphatic carbocycles. The van der Waals surface area contributed by atoms with E-state index in [4.69, 9.17) is 4.74 Å². The van der Waals surface area contributed by atoms with Gasteiger partial charge < -0.3 is 10.1 Å². The van der Waals surface area contributed by atoms with Gasteiger partial charge in [-0.25, -0.2) is 8.42 Å². The van der Waals surface area contributed by atoms with Crippen molar-refractivity contribution in [3.8, 4) is 0 Å². The number of ether oxygens (including phenoxy) is 1. The molecule has 0 radical (unpaired) electrons. The summed E-state index contributed by atoms with van der Waals surface area (Å²) in [6, 6.07) is 0.0418. The van der Waals surface area contributed by atoms with Crippen molar-refractivity contribution >= 4 is 15.8 Å². The molecule has 2 aliphatic rings. The smallest absolute Gasteiger partial charge is 0.306 e. The van der Waals surface area contributed by atoms with Crippen molar-refractivity contribution in [2.45, 2.75) is 56.7 Å². The van der Waals surface area contributed by atoms with Crippen LogP contribution in [0, 0.1) is 11.3 Å². The molecular formula is C15H27NO4S. The Hall–Kier alpha value is -0.620. The van der Waals surface area contributed by atoms with Gasteiger partial charge in [-0.2, -0.15) is 0 Å². The monoisotopic (exact) mass is 317 g/mol. The van der Waals surface area contributed by atoms with Crippen LogP contribution in [0.3, 0.4) is 0 Å². The van der Waals surface area contributed by atoms with Gasteiger partial charge in [0.25, 0.3) is 0 Å². The van der Waals surface area contributed by atoms with E-state index in [2.05, 4.69) is 12.2 Å². The number of sulfone groups is 1. The summed E-state index contributed by atoms with van der Waals surface area (Å²) >= 11 is 0. The highest BCUT2D eigenvalue weighted by atomic mass is 32.2. The normalized spacial score (nSPS) is 31.7. The molecule has 0 spiro atoms. The largest absolute Gasteiger partial charge is 0.469 e. The minimum Gasteiger partial charge on any atom is -0.469 e. The lowest BCUT2D eigenvalue weighted by Gasteiger charge is -2.35. The van der Waals surface area contributed by atoms with Crippen molar-refractivity contribution in [1.29, 1.82) is 0 Å². The van der Waals surface area contributed by atoms with Crippen molar-refractivity contribution in [2.75, 3.05) is 19.9 Å². The van der Waals surface area contributed by atoms with Crippen LogP contribution in [-0.2, 0) is 19.4 Å². The van der Waals surface area contributed by atoms with Gasteiger partial charge in [0.2, 0.25) is 0 Å². The van der Waals surface area contributed by atoms with E-state index < -0.39 is 9.84 Å². The number of methoxy groups -OCH3 is 1. The zero-order chi connectivity index (χ0) is 15.7. The van der Waals surface area contributed by atoms with E-state index in [1.54, 1.807) is 0 Å². The number of esters is 1. The van der Waals surface area contributed by atoms with Crippen LogP contribution in [0.25, 0.3) is 0 Å². The average Bonchev–Trinajstić information content (AvgIpc) is 3.17. The quantitative estimate of drug-likeness (QED) is 0.752. The van der Waals surface area contributed by atoms with Gasteiger partial charge in [-0.05, 0) is 50.5 Å². The zero-order valence-electron chi connectivity index (χ0n) is 13.2. The topological polar surface area (TPSA) is 72.5 Å². The van der Waals surface area contributed by atoms with Gasteiger partial charge in [0.05, 0.1) is 24.5 Å². The second-order valence-electron chi connectivity index (χ2n) is 6.91. The molecule has 21 heavy (non-hydrogen) atoms. The van der Waals surface area contributed by atoms with Crippen LogP contribution in [-0.4, -0.2) is 45.6 Å². The molecule has 1 N–H and O–H groups in total. The minimum absolute atomic E-state index is 0.0418. The number of carbonyl (C=O) groups excluding carboxylic acids is 1. The Morgan fingerprint density at radius 1 is 1.33 bits per heavy atom. The maximum Gasteiger partial charge on any atom is 0.306 e. The average molecular weight is 317 g/mol. The maximum atomic E-state index is 12.8. The lowest BCUT2D eigenvalue weighted by atomic mass is 9.87. The molecule has 3 atom stereocenters. The van der Waals surface area contributed by atoms with Crippen molar-refractivity contribution in [1.82, 2.24) is 5.32 Å². The highest BCUT2D eigenvalue weighted by molar-refractivity contribution is 7.92. The van der Waals surface area contributed by atoms with Gasteiger partial charge in [0.1, 0.15) is 0 Å². The highest BCUT2D eigenvalue weighted by Crippen LogP contribution is 2.51. The van der Waals surface area contributed by atoms with E-state index in [1.165, 1.54) is 7.11 Å². The van der Waals surface area contributed by atoms with Gasteiger partial charge in [-0.15, -0.1) is 0 Å². The summed E-state index contributed by atoms with van der Waals surface area (Å²) in [7, 11) is -0.00509. The summed E-state index contributed by atoms with van der Waals surface area (Å²) in [5, 5.41) is 2.85. The molecule has 2 fully saturated rings. The first-order chi connectivity index (χ1) is 9.82. The standard InChI is InChI=1S/C15H27NO4S/c1-11-4-5-12(16-2)13(8-11)21(18,19)10-15(6-7-15)9-14(17)20-3/h11-13,16H,4-10H2,1-3H3. The summed E-state index contributed by atoms with van der Waals surface area (Å²) < 4.78 is 30.4. The summed E-state index contributed by atoms with van der Waals surface area (Å²) in [6.45, 7) is 2.12. The van der Waals surface area contributed by atoms with Gasteiger partial charge in [0, 0.05) is 6.04 Å². The first-order valence-electron chi connectivity index (χ1n) is 7.77. The van der Waals surface area contributed by atoms with Crippen LogP contribution in [0.1, 0.15) is 45.4 Å². The van der Waals surface area contributed by atoms with Crippen molar-refractivity contribution < 1.29 is 17.9 Å². The number of hydrogen-bond donors (Lipinski definition) is 1. The molecule has 0 aromatic heterocycles. The van der Waals surface area contributed by atoms with Gasteiger partial charge >= 0.3 is 5.97 Å². The fraction of sp³-hybridized carbons (Fsp3) is 0.933. The third kappa shape index (κ3) is 3.97. The Morgan fingerprint density at radius 3 is 2.52 bits per heavy atom. The Morgan fingerprint density at radius 2 is 2.00 bits per heavy atom. The van der Waals surface area contributed by atoms with E-state index in [-0.39, 0.29) is 34.8 Å². The highest BCUT2D eigenvalue weighted by Gasteiger charge is 2.50. The number of rotatable bonds is 6. The van der Waals surface area contributed by atoms with Crippen LogP contribution in [0.2, 0.25) is 0 Å². The van der Waals surface area contributed by atoms with Crippen LogP contribution in [0.15, 0.2) is 0 Å². The van der Waals surface area contributed by atoms with Crippen molar-refractivity contribution in [2.24, 2.45) is 11.3 Å². The van der Waals surface area contributed by atoms with Crippen molar-refractivity contribution in [3.05, 3.63) is 0 Å². The molecule has 0 aromatic rings. The molecular weight excluding hydrogens is 290 g/mol. The van der Waals surface area contributed by atoms with Crippen LogP contribution >= 0.6 is 0 Å². The Balaban J connectivity index is 2.08. The third-order valence-corrected chi connectivity index (χ3v) is 7.56. The molecule has 0 aromatic carbocycles. The molecule has 0 aliphatic heterocycles. The number of carbonyl (C=O) groups is 1. The van der Waals surface area contributed by atoms with E-state index in [0.29, 0.717) is 5.92 Å². The van der Waals surface area contributed by atoms with Crippen LogP contribution < -0.4 is 5.32 Å². The van der Waals surface area contributed by atoms with Gasteiger partial charge in [-0.1, -0.05) is 6.92 Å². The van der Waals surface area contributed by atoms with E-state index in [1.807, 2.05) is 7.05 Å². The molecule has 0 amide bonds. The molecule has 2 rings (SSSR count). The molecule has 2 saturated carbocycles. The predicted molar refractivity (Wildman–Crippen MR) is 81.7 cm³/mol. The SMILES string of the molecule is CNC1CCC(C)CC1S(=O)(=O)CC1(CC(=O)OC)CC1. The molecule has 0 heterocycles. The second kappa shape index (κ2) is 6.24. The Kier molecular flexibility index (Phi) is 4.98. The fourth-order valence-corrected chi connectivity index (χ4v) is 6.37. The Labute approximate surface area is 127 Å². The minimum atomic E-state index is -3.20. The third-order valence-electron chi connectivity index (χ3n) is 5.10.